The van der Waals surface area contributed by atoms with E-state index >= 15 is 4.79 Å². The average Bonchev–Trinajstić information content (AvgIpc) is 3.34. The Bertz CT molecular complexity index is 1920. The van der Waals surface area contributed by atoms with Crippen molar-refractivity contribution in [1.82, 2.24) is 4.90 Å². The molecule has 0 bridgehead atoms. The van der Waals surface area contributed by atoms with Crippen LogP contribution in [0.1, 0.15) is 61.1 Å². The van der Waals surface area contributed by atoms with E-state index < -0.39 is 41.0 Å². The molecule has 0 radical (unpaired) electrons. The van der Waals surface area contributed by atoms with E-state index in [2.05, 4.69) is 0 Å². The van der Waals surface area contributed by atoms with Crippen molar-refractivity contribution in [3.05, 3.63) is 118 Å². The smallest absolute Gasteiger partial charge is 0.303 e. The van der Waals surface area contributed by atoms with Gasteiger partial charge in [-0.2, -0.15) is 0 Å². The molecule has 0 aromatic heterocycles. The van der Waals surface area contributed by atoms with Crippen LogP contribution >= 0.6 is 11.6 Å². The molecule has 1 heterocycles. The lowest BCUT2D eigenvalue weighted by atomic mass is 9.44. The van der Waals surface area contributed by atoms with Gasteiger partial charge in [-0.25, -0.2) is 0 Å². The predicted octanol–water partition coefficient (Wildman–Crippen LogP) is 6.52. The molecule has 4 aliphatic rings. The third kappa shape index (κ3) is 5.33. The van der Waals surface area contributed by atoms with Crippen molar-refractivity contribution in [2.45, 2.75) is 49.9 Å². The first kappa shape index (κ1) is 32.7. The molecule has 6 unspecified atom stereocenters. The van der Waals surface area contributed by atoms with Gasteiger partial charge in [-0.1, -0.05) is 96.4 Å². The van der Waals surface area contributed by atoms with Crippen LogP contribution < -0.4 is 0 Å². The van der Waals surface area contributed by atoms with E-state index in [1.54, 1.807) is 18.2 Å². The second-order valence-electron chi connectivity index (χ2n) is 13.5. The van der Waals surface area contributed by atoms with Gasteiger partial charge >= 0.3 is 5.97 Å². The van der Waals surface area contributed by atoms with Gasteiger partial charge < -0.3 is 10.2 Å². The summed E-state index contributed by atoms with van der Waals surface area (Å²) in [4.78, 5) is 70.2. The highest BCUT2D eigenvalue weighted by Crippen LogP contribution is 2.64. The number of Topliss-reactive ketones (excluding diaryl/α,β-unsaturated/α-hetero) is 1. The lowest BCUT2D eigenvalue weighted by molar-refractivity contribution is -0.141. The Labute approximate surface area is 289 Å². The van der Waals surface area contributed by atoms with E-state index in [-0.39, 0.29) is 53.5 Å². The second kappa shape index (κ2) is 12.9. The highest BCUT2D eigenvalue weighted by atomic mass is 35.5. The number of hydrogen-bond acceptors (Lipinski definition) is 6. The summed E-state index contributed by atoms with van der Waals surface area (Å²) in [5.74, 6) is -5.39. The van der Waals surface area contributed by atoms with Crippen LogP contribution in [-0.4, -0.2) is 51.0 Å². The summed E-state index contributed by atoms with van der Waals surface area (Å²) in [6.45, 7) is 0.204. The zero-order chi connectivity index (χ0) is 34.4. The number of carboxylic acids is 1. The van der Waals surface area contributed by atoms with Crippen LogP contribution in [0.5, 0.6) is 5.75 Å². The molecule has 2 amide bonds. The molecule has 1 saturated heterocycles. The topological polar surface area (TPSA) is 129 Å². The van der Waals surface area contributed by atoms with E-state index in [0.717, 1.165) is 5.57 Å². The lowest BCUT2D eigenvalue weighted by Crippen LogP contribution is -2.58. The standard InChI is InChI=1S/C40H36ClNO7/c41-32-20-25(43)15-16-27(32)36-26-17-18-28-35(39(49)42(38(28)48)19-9-3-8-14-34(45)46)30(26)21-31-37(47)29(23-10-4-1-5-11-23)22-33(44)40(31,36)24-12-6-2-7-13-24/h1-2,4-7,10-13,15-17,20,22,28,30-31,35-36,43H,3,8-9,14,18-19,21H2,(H,45,46). The maximum Gasteiger partial charge on any atom is 0.303 e. The number of allylic oxidation sites excluding steroid dienone is 4. The molecule has 2 N–H and O–H groups in total. The monoisotopic (exact) mass is 677 g/mol. The third-order valence-corrected chi connectivity index (χ3v) is 11.4. The number of imide groups is 1. The third-order valence-electron chi connectivity index (χ3n) is 11.0. The van der Waals surface area contributed by atoms with Gasteiger partial charge in [0.25, 0.3) is 0 Å². The highest BCUT2D eigenvalue weighted by Gasteiger charge is 2.66. The van der Waals surface area contributed by atoms with Gasteiger partial charge in [0.2, 0.25) is 11.8 Å². The molecule has 3 aromatic rings. The SMILES string of the molecule is O=C(O)CCCCCN1C(=O)C2CC=C3C(CC4C(=O)C(c5ccccc5)=CC(=O)C4(c4ccccc4)C3c3ccc(O)cc3Cl)C2C1=O. The number of amides is 2. The Morgan fingerprint density at radius 3 is 2.29 bits per heavy atom. The number of fused-ring (bicyclic) bond motifs is 4. The molecule has 2 fully saturated rings. The van der Waals surface area contributed by atoms with E-state index in [9.17, 15) is 24.3 Å². The molecular formula is C40H36ClNO7. The Kier molecular flexibility index (Phi) is 8.61. The van der Waals surface area contributed by atoms with Crippen LogP contribution in [0.2, 0.25) is 5.02 Å². The fourth-order valence-corrected chi connectivity index (χ4v) is 9.26. The number of phenolic OH excluding ortho intramolecular Hbond substituents is 1. The van der Waals surface area contributed by atoms with Gasteiger partial charge in [-0.15, -0.1) is 0 Å². The number of hydrogen-bond donors (Lipinski definition) is 2. The van der Waals surface area contributed by atoms with Crippen molar-refractivity contribution in [2.75, 3.05) is 6.54 Å². The largest absolute Gasteiger partial charge is 0.508 e. The maximum absolute atomic E-state index is 15.0. The molecule has 7 rings (SSSR count). The number of benzene rings is 3. The van der Waals surface area contributed by atoms with Gasteiger partial charge in [0.05, 0.1) is 17.3 Å². The number of carboxylic acid groups (broad SMARTS) is 1. The first-order valence-electron chi connectivity index (χ1n) is 16.8. The number of aromatic hydroxyl groups is 1. The minimum absolute atomic E-state index is 0.0282. The van der Waals surface area contributed by atoms with Gasteiger partial charge in [-0.3, -0.25) is 28.9 Å². The number of nitrogens with zero attached hydrogens (tertiary/aromatic N) is 1. The van der Waals surface area contributed by atoms with Gasteiger partial charge in [0.1, 0.15) is 5.75 Å². The Morgan fingerprint density at radius 2 is 1.59 bits per heavy atom. The Morgan fingerprint density at radius 1 is 0.878 bits per heavy atom. The lowest BCUT2D eigenvalue weighted by Gasteiger charge is -2.55. The molecule has 250 valence electrons. The number of carbonyl (C=O) groups is 5. The van der Waals surface area contributed by atoms with Crippen molar-refractivity contribution in [3.8, 4) is 5.75 Å². The van der Waals surface area contributed by atoms with Crippen molar-refractivity contribution >= 4 is 46.5 Å². The molecule has 3 aromatic carbocycles. The maximum atomic E-state index is 15.0. The molecule has 3 aliphatic carbocycles. The number of unbranched alkanes of at least 4 members (excludes halogenated alkanes) is 2. The zero-order valence-electron chi connectivity index (χ0n) is 26.8. The van der Waals surface area contributed by atoms with Gasteiger partial charge in [0, 0.05) is 35.4 Å². The molecule has 0 spiro atoms. The van der Waals surface area contributed by atoms with Crippen molar-refractivity contribution < 1.29 is 34.2 Å². The molecule has 9 heteroatoms. The van der Waals surface area contributed by atoms with Crippen LogP contribution in [-0.2, 0) is 29.4 Å². The second-order valence-corrected chi connectivity index (χ2v) is 13.9. The highest BCUT2D eigenvalue weighted by molar-refractivity contribution is 6.33. The summed E-state index contributed by atoms with van der Waals surface area (Å²) in [5.41, 5.74) is 1.57. The van der Waals surface area contributed by atoms with Crippen LogP contribution in [0.4, 0.5) is 0 Å². The summed E-state index contributed by atoms with van der Waals surface area (Å²) in [6, 6.07) is 23.0. The molecule has 49 heavy (non-hydrogen) atoms. The minimum Gasteiger partial charge on any atom is -0.508 e. The molecule has 8 nitrogen and oxygen atoms in total. The van der Waals surface area contributed by atoms with Crippen molar-refractivity contribution in [2.24, 2.45) is 23.7 Å². The Hall–Kier alpha value is -4.82. The van der Waals surface area contributed by atoms with E-state index in [1.165, 1.54) is 23.1 Å². The number of aliphatic carboxylic acids is 1. The summed E-state index contributed by atoms with van der Waals surface area (Å²) in [5, 5.41) is 19.6. The van der Waals surface area contributed by atoms with Crippen molar-refractivity contribution in [3.63, 3.8) is 0 Å². The van der Waals surface area contributed by atoms with E-state index in [1.807, 2.05) is 54.6 Å². The first-order chi connectivity index (χ1) is 23.6. The first-order valence-corrected chi connectivity index (χ1v) is 17.2. The summed E-state index contributed by atoms with van der Waals surface area (Å²) < 4.78 is 0. The van der Waals surface area contributed by atoms with Crippen LogP contribution in [0.15, 0.2) is 96.6 Å². The van der Waals surface area contributed by atoms with Crippen LogP contribution in [0.3, 0.4) is 0 Å². The quantitative estimate of drug-likeness (QED) is 0.150. The number of phenols is 1. The number of carbonyl (C=O) groups excluding carboxylic acids is 4. The molecule has 6 atom stereocenters. The zero-order valence-corrected chi connectivity index (χ0v) is 27.5. The van der Waals surface area contributed by atoms with E-state index in [0.29, 0.717) is 47.9 Å². The minimum atomic E-state index is -1.40. The van der Waals surface area contributed by atoms with Crippen molar-refractivity contribution in [1.29, 1.82) is 0 Å². The molecular weight excluding hydrogens is 642 g/mol. The normalized spacial score (nSPS) is 27.6. The summed E-state index contributed by atoms with van der Waals surface area (Å²) in [6.07, 6.45) is 5.49. The van der Waals surface area contributed by atoms with Gasteiger partial charge in [0.15, 0.2) is 11.6 Å². The number of likely N-dealkylation sites (tertiary alicyclic amines) is 1. The van der Waals surface area contributed by atoms with Crippen LogP contribution in [0.25, 0.3) is 5.57 Å². The summed E-state index contributed by atoms with van der Waals surface area (Å²) >= 11 is 6.91. The molecule has 1 saturated carbocycles. The predicted molar refractivity (Wildman–Crippen MR) is 183 cm³/mol. The summed E-state index contributed by atoms with van der Waals surface area (Å²) in [7, 11) is 0. The Balaban J connectivity index is 1.38. The fourth-order valence-electron chi connectivity index (χ4n) is 8.98. The average molecular weight is 678 g/mol. The number of rotatable bonds is 9. The number of ketones is 2. The van der Waals surface area contributed by atoms with E-state index in [4.69, 9.17) is 16.7 Å². The van der Waals surface area contributed by atoms with Crippen LogP contribution in [0, 0.1) is 23.7 Å². The number of halogens is 1. The molecule has 1 aliphatic heterocycles. The fraction of sp³-hybridized carbons (Fsp3) is 0.325. The van der Waals surface area contributed by atoms with Gasteiger partial charge in [-0.05, 0) is 66.5 Å².